The third kappa shape index (κ3) is 3.17. The van der Waals surface area contributed by atoms with Crippen molar-refractivity contribution in [3.05, 3.63) is 47.8 Å². The van der Waals surface area contributed by atoms with E-state index in [1.165, 1.54) is 16.8 Å². The van der Waals surface area contributed by atoms with Crippen molar-refractivity contribution in [3.63, 3.8) is 0 Å². The van der Waals surface area contributed by atoms with Crippen LogP contribution in [0.25, 0.3) is 0 Å². The van der Waals surface area contributed by atoms with Crippen LogP contribution in [0.3, 0.4) is 0 Å². The largest absolute Gasteiger partial charge is 0.333 e. The summed E-state index contributed by atoms with van der Waals surface area (Å²) >= 11 is 0. The standard InChI is InChI=1S/C14H20N4/c1-3-6-18-11-17-10-14(18)9-16-8-13-7-15-5-4-12(13)2/h4-5,7,10-11,16H,3,6,8-9H2,1-2H3. The summed E-state index contributed by atoms with van der Waals surface area (Å²) in [5.74, 6) is 0. The SMILES string of the molecule is CCCn1cncc1CNCc1cnccc1C. The van der Waals surface area contributed by atoms with Crippen molar-refractivity contribution in [2.45, 2.75) is 39.9 Å². The molecule has 0 saturated carbocycles. The molecule has 4 heteroatoms. The second-order valence-corrected chi connectivity index (χ2v) is 4.48. The molecule has 0 bridgehead atoms. The number of aromatic nitrogens is 3. The van der Waals surface area contributed by atoms with Gasteiger partial charge in [-0.3, -0.25) is 4.98 Å². The van der Waals surface area contributed by atoms with Crippen LogP contribution in [0.1, 0.15) is 30.2 Å². The normalized spacial score (nSPS) is 10.8. The molecule has 0 aliphatic rings. The number of nitrogens with one attached hydrogen (secondary N) is 1. The quantitative estimate of drug-likeness (QED) is 0.847. The lowest BCUT2D eigenvalue weighted by Gasteiger charge is -2.09. The van der Waals surface area contributed by atoms with Crippen LogP contribution in [0, 0.1) is 6.92 Å². The first-order chi connectivity index (χ1) is 8.81. The van der Waals surface area contributed by atoms with Gasteiger partial charge in [-0.05, 0) is 30.5 Å². The van der Waals surface area contributed by atoms with Crippen LogP contribution in [0.5, 0.6) is 0 Å². The molecule has 0 aliphatic carbocycles. The first-order valence-electron chi connectivity index (χ1n) is 6.40. The van der Waals surface area contributed by atoms with E-state index < -0.39 is 0 Å². The molecule has 0 saturated heterocycles. The minimum Gasteiger partial charge on any atom is -0.333 e. The Balaban J connectivity index is 1.88. The van der Waals surface area contributed by atoms with Gasteiger partial charge in [-0.25, -0.2) is 4.98 Å². The molecule has 0 radical (unpaired) electrons. The van der Waals surface area contributed by atoms with Gasteiger partial charge in [-0.2, -0.15) is 0 Å². The summed E-state index contributed by atoms with van der Waals surface area (Å²) in [5, 5.41) is 3.44. The predicted molar refractivity (Wildman–Crippen MR) is 72.0 cm³/mol. The van der Waals surface area contributed by atoms with E-state index in [-0.39, 0.29) is 0 Å². The molecule has 4 nitrogen and oxygen atoms in total. The predicted octanol–water partition coefficient (Wildman–Crippen LogP) is 2.29. The smallest absolute Gasteiger partial charge is 0.0948 e. The van der Waals surface area contributed by atoms with Crippen molar-refractivity contribution in [1.82, 2.24) is 19.9 Å². The lowest BCUT2D eigenvalue weighted by molar-refractivity contribution is 0.600. The Morgan fingerprint density at radius 2 is 2.11 bits per heavy atom. The Labute approximate surface area is 108 Å². The van der Waals surface area contributed by atoms with E-state index in [2.05, 4.69) is 33.7 Å². The fourth-order valence-electron chi connectivity index (χ4n) is 1.94. The van der Waals surface area contributed by atoms with E-state index in [1.54, 1.807) is 0 Å². The van der Waals surface area contributed by atoms with Gasteiger partial charge in [0.1, 0.15) is 0 Å². The van der Waals surface area contributed by atoms with Gasteiger partial charge >= 0.3 is 0 Å². The zero-order chi connectivity index (χ0) is 12.8. The Bertz CT molecular complexity index is 490. The van der Waals surface area contributed by atoms with E-state index in [0.29, 0.717) is 0 Å². The number of rotatable bonds is 6. The van der Waals surface area contributed by atoms with Gasteiger partial charge in [0.25, 0.3) is 0 Å². The highest BCUT2D eigenvalue weighted by molar-refractivity contribution is 5.21. The zero-order valence-electron chi connectivity index (χ0n) is 11.1. The number of pyridine rings is 1. The van der Waals surface area contributed by atoms with E-state index >= 15 is 0 Å². The van der Waals surface area contributed by atoms with E-state index in [9.17, 15) is 0 Å². The van der Waals surface area contributed by atoms with Gasteiger partial charge in [0.05, 0.1) is 12.0 Å². The second kappa shape index (κ2) is 6.31. The maximum Gasteiger partial charge on any atom is 0.0948 e. The molecular weight excluding hydrogens is 224 g/mol. The molecule has 2 heterocycles. The minimum absolute atomic E-state index is 0.842. The third-order valence-corrected chi connectivity index (χ3v) is 3.03. The number of hydrogen-bond donors (Lipinski definition) is 1. The molecular formula is C14H20N4. The van der Waals surface area contributed by atoms with Crippen LogP contribution < -0.4 is 5.32 Å². The Morgan fingerprint density at radius 1 is 1.22 bits per heavy atom. The number of hydrogen-bond acceptors (Lipinski definition) is 3. The third-order valence-electron chi connectivity index (χ3n) is 3.03. The van der Waals surface area contributed by atoms with Crippen LogP contribution in [0.15, 0.2) is 31.0 Å². The molecule has 0 unspecified atom stereocenters. The van der Waals surface area contributed by atoms with Crippen LogP contribution in [0.4, 0.5) is 0 Å². The average molecular weight is 244 g/mol. The molecule has 0 atom stereocenters. The summed E-state index contributed by atoms with van der Waals surface area (Å²) in [6.07, 6.45) is 8.71. The first-order valence-corrected chi connectivity index (χ1v) is 6.40. The highest BCUT2D eigenvalue weighted by Crippen LogP contribution is 2.05. The van der Waals surface area contributed by atoms with Crippen LogP contribution in [-0.4, -0.2) is 14.5 Å². The monoisotopic (exact) mass is 244 g/mol. The van der Waals surface area contributed by atoms with Crippen molar-refractivity contribution >= 4 is 0 Å². The molecule has 0 amide bonds. The van der Waals surface area contributed by atoms with Gasteiger partial charge in [-0.1, -0.05) is 6.92 Å². The minimum atomic E-state index is 0.842. The fourth-order valence-corrected chi connectivity index (χ4v) is 1.94. The maximum absolute atomic E-state index is 4.19. The Hall–Kier alpha value is -1.68. The molecule has 2 aromatic rings. The summed E-state index contributed by atoms with van der Waals surface area (Å²) in [4.78, 5) is 8.35. The van der Waals surface area contributed by atoms with Crippen LogP contribution in [-0.2, 0) is 19.6 Å². The summed E-state index contributed by atoms with van der Waals surface area (Å²) in [5.41, 5.74) is 3.76. The molecule has 1 N–H and O–H groups in total. The van der Waals surface area contributed by atoms with Gasteiger partial charge < -0.3 is 9.88 Å². The average Bonchev–Trinajstić information content (AvgIpc) is 2.80. The van der Waals surface area contributed by atoms with E-state index in [1.807, 2.05) is 31.0 Å². The molecule has 0 fully saturated rings. The molecule has 0 aromatic carbocycles. The summed E-state index contributed by atoms with van der Waals surface area (Å²) in [6, 6.07) is 2.04. The van der Waals surface area contributed by atoms with Crippen molar-refractivity contribution < 1.29 is 0 Å². The zero-order valence-corrected chi connectivity index (χ0v) is 11.1. The van der Waals surface area contributed by atoms with Crippen molar-refractivity contribution in [3.8, 4) is 0 Å². The molecule has 18 heavy (non-hydrogen) atoms. The topological polar surface area (TPSA) is 42.7 Å². The van der Waals surface area contributed by atoms with Crippen molar-refractivity contribution in [2.24, 2.45) is 0 Å². The van der Waals surface area contributed by atoms with Gasteiger partial charge in [-0.15, -0.1) is 0 Å². The number of nitrogens with zero attached hydrogens (tertiary/aromatic N) is 3. The highest BCUT2D eigenvalue weighted by atomic mass is 15.1. The van der Waals surface area contributed by atoms with Crippen molar-refractivity contribution in [1.29, 1.82) is 0 Å². The van der Waals surface area contributed by atoms with Crippen LogP contribution in [0.2, 0.25) is 0 Å². The highest BCUT2D eigenvalue weighted by Gasteiger charge is 2.02. The van der Waals surface area contributed by atoms with Gasteiger partial charge in [0.15, 0.2) is 0 Å². The lowest BCUT2D eigenvalue weighted by Crippen LogP contribution is -2.16. The first kappa shape index (κ1) is 12.8. The number of imidazole rings is 1. The maximum atomic E-state index is 4.19. The van der Waals surface area contributed by atoms with E-state index in [0.717, 1.165) is 26.1 Å². The van der Waals surface area contributed by atoms with Crippen molar-refractivity contribution in [2.75, 3.05) is 0 Å². The van der Waals surface area contributed by atoms with Crippen LogP contribution >= 0.6 is 0 Å². The van der Waals surface area contributed by atoms with E-state index in [4.69, 9.17) is 0 Å². The summed E-state index contributed by atoms with van der Waals surface area (Å²) < 4.78 is 2.20. The fraction of sp³-hybridized carbons (Fsp3) is 0.429. The molecule has 2 aromatic heterocycles. The second-order valence-electron chi connectivity index (χ2n) is 4.48. The number of aryl methyl sites for hydroxylation is 2. The summed E-state index contributed by atoms with van der Waals surface area (Å²) in [6.45, 7) is 7.00. The molecule has 2 rings (SSSR count). The van der Waals surface area contributed by atoms with Gasteiger partial charge in [0, 0.05) is 38.2 Å². The Kier molecular flexibility index (Phi) is 4.47. The molecule has 96 valence electrons. The summed E-state index contributed by atoms with van der Waals surface area (Å²) in [7, 11) is 0. The van der Waals surface area contributed by atoms with Gasteiger partial charge in [0.2, 0.25) is 0 Å². The molecule has 0 spiro atoms. The lowest BCUT2D eigenvalue weighted by atomic mass is 10.1. The Morgan fingerprint density at radius 3 is 2.89 bits per heavy atom. The molecule has 0 aliphatic heterocycles.